The minimum Gasteiger partial charge on any atom is -0.452 e. The summed E-state index contributed by atoms with van der Waals surface area (Å²) in [6.45, 7) is 0. The molecule has 0 unspecified atom stereocenters. The smallest absolute Gasteiger partial charge is 0.180 e. The molecule has 4 heteroatoms. The van der Waals surface area contributed by atoms with E-state index in [0.717, 1.165) is 50.1 Å². The quantitative estimate of drug-likeness (QED) is 0.180. The van der Waals surface area contributed by atoms with Crippen LogP contribution in [0.15, 0.2) is 168 Å². The molecule has 0 atom stereocenters. The Labute approximate surface area is 286 Å². The van der Waals surface area contributed by atoms with Crippen LogP contribution in [-0.2, 0) is 0 Å². The van der Waals surface area contributed by atoms with E-state index < -0.39 is 0 Å². The summed E-state index contributed by atoms with van der Waals surface area (Å²) in [5.41, 5.74) is 10.9. The van der Waals surface area contributed by atoms with E-state index >= 15 is 0 Å². The molecule has 11 aromatic rings. The predicted molar refractivity (Wildman–Crippen MR) is 206 cm³/mol. The van der Waals surface area contributed by atoms with E-state index in [-0.39, 0.29) is 0 Å². The maximum Gasteiger partial charge on any atom is 0.180 e. The summed E-state index contributed by atoms with van der Waals surface area (Å²) >= 11 is 0. The molecule has 4 nitrogen and oxygen atoms in total. The standard InChI is InChI=1S/C46H27N3O/c1-3-11-29(12-4-1)43-45-44(48-46(47-43)30-13-5-2-6-14-30)37-26-23-31(27-40(37)50-45)28-21-24-32(25-22-28)49-38-19-9-17-35-33-15-7-8-16-34(33)36-18-10-20-39(49)42(36)41(35)38/h1-27H. The van der Waals surface area contributed by atoms with Gasteiger partial charge in [0.25, 0.3) is 0 Å². The van der Waals surface area contributed by atoms with Crippen molar-refractivity contribution in [3.05, 3.63) is 164 Å². The van der Waals surface area contributed by atoms with Gasteiger partial charge in [-0.05, 0) is 69.1 Å². The van der Waals surface area contributed by atoms with Crippen LogP contribution in [0.25, 0.3) is 105 Å². The van der Waals surface area contributed by atoms with Gasteiger partial charge in [0, 0.05) is 33.0 Å². The molecule has 8 aromatic carbocycles. The number of furan rings is 1. The number of nitrogens with zero attached hydrogens (tertiary/aromatic N) is 3. The van der Waals surface area contributed by atoms with Gasteiger partial charge in [-0.2, -0.15) is 0 Å². The predicted octanol–water partition coefficient (Wildman–Crippen LogP) is 12.2. The van der Waals surface area contributed by atoms with Crippen molar-refractivity contribution in [1.29, 1.82) is 0 Å². The molecule has 232 valence electrons. The zero-order valence-electron chi connectivity index (χ0n) is 26.8. The summed E-state index contributed by atoms with van der Waals surface area (Å²) in [6, 6.07) is 57.8. The fraction of sp³-hybridized carbons (Fsp3) is 0. The summed E-state index contributed by atoms with van der Waals surface area (Å²) < 4.78 is 9.00. The molecule has 0 aliphatic rings. The van der Waals surface area contributed by atoms with Gasteiger partial charge in [0.2, 0.25) is 0 Å². The minimum absolute atomic E-state index is 0.683. The van der Waals surface area contributed by atoms with E-state index in [1.165, 1.54) is 43.4 Å². The van der Waals surface area contributed by atoms with Gasteiger partial charge in [0.15, 0.2) is 11.4 Å². The van der Waals surface area contributed by atoms with Crippen LogP contribution in [0, 0.1) is 0 Å². The van der Waals surface area contributed by atoms with Crippen LogP contribution in [-0.4, -0.2) is 14.5 Å². The second-order valence-electron chi connectivity index (χ2n) is 12.9. The van der Waals surface area contributed by atoms with E-state index in [9.17, 15) is 0 Å². The maximum atomic E-state index is 6.60. The fourth-order valence-electron chi connectivity index (χ4n) is 7.92. The van der Waals surface area contributed by atoms with Gasteiger partial charge < -0.3 is 8.98 Å². The van der Waals surface area contributed by atoms with E-state index in [2.05, 4.69) is 120 Å². The van der Waals surface area contributed by atoms with Crippen LogP contribution >= 0.6 is 0 Å². The summed E-state index contributed by atoms with van der Waals surface area (Å²) in [7, 11) is 0. The van der Waals surface area contributed by atoms with Crippen molar-refractivity contribution >= 4 is 65.4 Å². The normalized spacial score (nSPS) is 12.0. The van der Waals surface area contributed by atoms with Crippen LogP contribution < -0.4 is 0 Å². The number of hydrogen-bond donors (Lipinski definition) is 0. The lowest BCUT2D eigenvalue weighted by Crippen LogP contribution is -1.93. The monoisotopic (exact) mass is 637 g/mol. The zero-order valence-corrected chi connectivity index (χ0v) is 26.8. The molecule has 0 radical (unpaired) electrons. The van der Waals surface area contributed by atoms with Gasteiger partial charge >= 0.3 is 0 Å². The largest absolute Gasteiger partial charge is 0.452 e. The molecular weight excluding hydrogens is 611 g/mol. The maximum absolute atomic E-state index is 6.60. The third-order valence-electron chi connectivity index (χ3n) is 10.2. The Morgan fingerprint density at radius 1 is 0.420 bits per heavy atom. The first kappa shape index (κ1) is 27.2. The lowest BCUT2D eigenvalue weighted by molar-refractivity contribution is 0.667. The number of fused-ring (bicyclic) bond motifs is 6. The van der Waals surface area contributed by atoms with Crippen LogP contribution in [0.3, 0.4) is 0 Å². The van der Waals surface area contributed by atoms with E-state index in [1.807, 2.05) is 48.5 Å². The first-order valence-corrected chi connectivity index (χ1v) is 16.9. The third kappa shape index (κ3) is 3.87. The molecule has 0 bridgehead atoms. The zero-order chi connectivity index (χ0) is 32.8. The Kier molecular flexibility index (Phi) is 5.63. The molecule has 0 fully saturated rings. The van der Waals surface area contributed by atoms with Crippen LogP contribution in [0.4, 0.5) is 0 Å². The second kappa shape index (κ2) is 10.4. The number of aromatic nitrogens is 3. The average molecular weight is 638 g/mol. The first-order chi connectivity index (χ1) is 24.8. The second-order valence-corrected chi connectivity index (χ2v) is 12.9. The van der Waals surface area contributed by atoms with Crippen molar-refractivity contribution in [2.24, 2.45) is 0 Å². The molecule has 3 aromatic heterocycles. The lowest BCUT2D eigenvalue weighted by atomic mass is 9.95. The molecule has 0 saturated carbocycles. The summed E-state index contributed by atoms with van der Waals surface area (Å²) in [5.74, 6) is 0.683. The lowest BCUT2D eigenvalue weighted by Gasteiger charge is -2.09. The Morgan fingerprint density at radius 3 is 1.66 bits per heavy atom. The highest BCUT2D eigenvalue weighted by molar-refractivity contribution is 6.34. The van der Waals surface area contributed by atoms with E-state index in [0.29, 0.717) is 11.4 Å². The van der Waals surface area contributed by atoms with Gasteiger partial charge in [-0.1, -0.05) is 127 Å². The molecule has 0 spiro atoms. The van der Waals surface area contributed by atoms with Crippen molar-refractivity contribution in [1.82, 2.24) is 14.5 Å². The molecule has 11 rings (SSSR count). The average Bonchev–Trinajstić information content (AvgIpc) is 3.74. The van der Waals surface area contributed by atoms with Crippen molar-refractivity contribution in [3.63, 3.8) is 0 Å². The highest BCUT2D eigenvalue weighted by atomic mass is 16.3. The molecular formula is C46H27N3O. The fourth-order valence-corrected chi connectivity index (χ4v) is 7.92. The number of hydrogen-bond acceptors (Lipinski definition) is 3. The van der Waals surface area contributed by atoms with Crippen molar-refractivity contribution in [2.45, 2.75) is 0 Å². The Morgan fingerprint density at radius 2 is 1.00 bits per heavy atom. The topological polar surface area (TPSA) is 43.9 Å². The third-order valence-corrected chi connectivity index (χ3v) is 10.2. The Balaban J connectivity index is 1.05. The first-order valence-electron chi connectivity index (χ1n) is 16.9. The van der Waals surface area contributed by atoms with Crippen molar-refractivity contribution in [2.75, 3.05) is 0 Å². The summed E-state index contributed by atoms with van der Waals surface area (Å²) in [5, 5.41) is 8.81. The summed E-state index contributed by atoms with van der Waals surface area (Å²) in [6.07, 6.45) is 0. The van der Waals surface area contributed by atoms with Crippen molar-refractivity contribution < 1.29 is 4.42 Å². The van der Waals surface area contributed by atoms with E-state index in [4.69, 9.17) is 14.4 Å². The van der Waals surface area contributed by atoms with Gasteiger partial charge in [-0.25, -0.2) is 9.97 Å². The molecule has 0 N–H and O–H groups in total. The molecule has 0 saturated heterocycles. The number of benzene rings is 8. The molecule has 0 aliphatic heterocycles. The molecule has 0 aliphatic carbocycles. The minimum atomic E-state index is 0.683. The van der Waals surface area contributed by atoms with Crippen LogP contribution in [0.2, 0.25) is 0 Å². The molecule has 0 amide bonds. The van der Waals surface area contributed by atoms with E-state index in [1.54, 1.807) is 0 Å². The SMILES string of the molecule is c1ccc(-c2nc(-c3ccccc3)c3oc4cc(-c5ccc(-n6c7cccc8c9ccccc9c9cccc6c9c87)cc5)ccc4c3n2)cc1. The Hall–Kier alpha value is -6.78. The molecule has 50 heavy (non-hydrogen) atoms. The number of rotatable bonds is 4. The Bertz CT molecular complexity index is 2980. The van der Waals surface area contributed by atoms with Gasteiger partial charge in [-0.3, -0.25) is 0 Å². The van der Waals surface area contributed by atoms with Gasteiger partial charge in [0.1, 0.15) is 16.8 Å². The highest BCUT2D eigenvalue weighted by Gasteiger charge is 2.21. The highest BCUT2D eigenvalue weighted by Crippen LogP contribution is 2.44. The van der Waals surface area contributed by atoms with Gasteiger partial charge in [0.05, 0.1) is 11.0 Å². The van der Waals surface area contributed by atoms with Crippen LogP contribution in [0.1, 0.15) is 0 Å². The van der Waals surface area contributed by atoms with Gasteiger partial charge in [-0.15, -0.1) is 0 Å². The van der Waals surface area contributed by atoms with Crippen molar-refractivity contribution in [3.8, 4) is 39.5 Å². The summed E-state index contributed by atoms with van der Waals surface area (Å²) in [4.78, 5) is 10.0. The molecule has 3 heterocycles. The van der Waals surface area contributed by atoms with Crippen LogP contribution in [0.5, 0.6) is 0 Å².